The first kappa shape index (κ1) is 10.6. The van der Waals surface area contributed by atoms with Crippen LogP contribution in [-0.4, -0.2) is 31.5 Å². The normalized spacial score (nSPS) is 10.1. The van der Waals surface area contributed by atoms with Gasteiger partial charge in [0.2, 0.25) is 5.91 Å². The van der Waals surface area contributed by atoms with E-state index in [-0.39, 0.29) is 11.8 Å². The Morgan fingerprint density at radius 3 is 2.94 bits per heavy atom. The molecule has 0 aromatic carbocycles. The molecule has 6 nitrogen and oxygen atoms in total. The Balaban J connectivity index is 2.14. The van der Waals surface area contributed by atoms with Gasteiger partial charge in [0, 0.05) is 0 Å². The predicted octanol–water partition coefficient (Wildman–Crippen LogP) is 0.840. The maximum Gasteiger partial charge on any atom is 0.239 e. The highest BCUT2D eigenvalue weighted by molar-refractivity contribution is 6.29. The maximum atomic E-state index is 11.0. The van der Waals surface area contributed by atoms with Crippen molar-refractivity contribution in [2.45, 2.75) is 0 Å². The van der Waals surface area contributed by atoms with Gasteiger partial charge < -0.3 is 5.32 Å². The molecule has 16 heavy (non-hydrogen) atoms. The first-order valence-electron chi connectivity index (χ1n) is 4.46. The number of hydrogen-bond donors (Lipinski definition) is 1. The van der Waals surface area contributed by atoms with Crippen molar-refractivity contribution in [3.05, 3.63) is 31.0 Å². The van der Waals surface area contributed by atoms with Gasteiger partial charge in [0.1, 0.15) is 18.5 Å². The Morgan fingerprint density at radius 1 is 1.50 bits per heavy atom. The number of halogens is 1. The molecule has 1 N–H and O–H groups in total. The third-order valence-corrected chi connectivity index (χ3v) is 2.05. The van der Waals surface area contributed by atoms with Gasteiger partial charge in [-0.2, -0.15) is 5.10 Å². The quantitative estimate of drug-likeness (QED) is 0.803. The largest absolute Gasteiger partial charge is 0.324 e. The molecular weight excluding hydrogens is 230 g/mol. The number of carbonyl (C=O) groups excluding carboxylic acids is 1. The molecule has 7 heteroatoms. The van der Waals surface area contributed by atoms with Gasteiger partial charge in [-0.3, -0.25) is 4.79 Å². The SMILES string of the molecule is O=C(CCl)Nc1ccc(-n2cncn2)nc1. The predicted molar refractivity (Wildman–Crippen MR) is 58.5 cm³/mol. The molecule has 0 saturated heterocycles. The summed E-state index contributed by atoms with van der Waals surface area (Å²) in [6, 6.07) is 3.44. The van der Waals surface area contributed by atoms with Crippen LogP contribution in [0.5, 0.6) is 0 Å². The van der Waals surface area contributed by atoms with Crippen molar-refractivity contribution in [1.29, 1.82) is 0 Å². The minimum atomic E-state index is -0.267. The van der Waals surface area contributed by atoms with Crippen LogP contribution < -0.4 is 5.32 Å². The minimum Gasteiger partial charge on any atom is -0.324 e. The molecule has 0 fully saturated rings. The van der Waals surface area contributed by atoms with Crippen molar-refractivity contribution >= 4 is 23.2 Å². The number of aromatic nitrogens is 4. The van der Waals surface area contributed by atoms with Gasteiger partial charge >= 0.3 is 0 Å². The van der Waals surface area contributed by atoms with Crippen molar-refractivity contribution in [2.24, 2.45) is 0 Å². The third-order valence-electron chi connectivity index (χ3n) is 1.81. The molecule has 2 rings (SSSR count). The summed E-state index contributed by atoms with van der Waals surface area (Å²) in [6.45, 7) is 0. The summed E-state index contributed by atoms with van der Waals surface area (Å²) in [6.07, 6.45) is 4.49. The van der Waals surface area contributed by atoms with Crippen LogP contribution in [0.25, 0.3) is 5.82 Å². The molecule has 1 amide bonds. The van der Waals surface area contributed by atoms with Gasteiger partial charge in [-0.25, -0.2) is 14.6 Å². The van der Waals surface area contributed by atoms with E-state index in [1.165, 1.54) is 17.2 Å². The lowest BCUT2D eigenvalue weighted by Crippen LogP contribution is -2.12. The molecule has 0 aliphatic heterocycles. The fourth-order valence-electron chi connectivity index (χ4n) is 1.12. The summed E-state index contributed by atoms with van der Waals surface area (Å²) >= 11 is 5.36. The number of amides is 1. The summed E-state index contributed by atoms with van der Waals surface area (Å²) in [5, 5.41) is 6.51. The smallest absolute Gasteiger partial charge is 0.239 e. The van der Waals surface area contributed by atoms with Crippen LogP contribution in [0, 0.1) is 0 Å². The van der Waals surface area contributed by atoms with Crippen LogP contribution in [0.15, 0.2) is 31.0 Å². The second-order valence-electron chi connectivity index (χ2n) is 2.93. The molecular formula is C9H8ClN5O. The molecule has 0 saturated carbocycles. The lowest BCUT2D eigenvalue weighted by Gasteiger charge is -2.03. The monoisotopic (exact) mass is 237 g/mol. The standard InChI is InChI=1S/C9H8ClN5O/c10-3-9(16)14-7-1-2-8(12-4-7)15-6-11-5-13-15/h1-2,4-6H,3H2,(H,14,16). The first-order valence-corrected chi connectivity index (χ1v) is 5.00. The van der Waals surface area contributed by atoms with Crippen LogP contribution in [-0.2, 0) is 4.79 Å². The summed E-state index contributed by atoms with van der Waals surface area (Å²) in [5.74, 6) is 0.281. The Hall–Kier alpha value is -1.95. The number of pyridine rings is 1. The number of nitrogens with one attached hydrogen (secondary N) is 1. The van der Waals surface area contributed by atoms with Gasteiger partial charge in [0.15, 0.2) is 5.82 Å². The average molecular weight is 238 g/mol. The van der Waals surface area contributed by atoms with Crippen molar-refractivity contribution in [2.75, 3.05) is 11.2 Å². The highest BCUT2D eigenvalue weighted by atomic mass is 35.5. The van der Waals surface area contributed by atoms with Gasteiger partial charge in [0.25, 0.3) is 0 Å². The second-order valence-corrected chi connectivity index (χ2v) is 3.19. The van der Waals surface area contributed by atoms with Gasteiger partial charge in [-0.1, -0.05) is 0 Å². The fourth-order valence-corrected chi connectivity index (χ4v) is 1.18. The fraction of sp³-hybridized carbons (Fsp3) is 0.111. The number of alkyl halides is 1. The summed E-state index contributed by atoms with van der Waals surface area (Å²) in [4.78, 5) is 18.9. The highest BCUT2D eigenvalue weighted by Gasteiger charge is 2.01. The van der Waals surface area contributed by atoms with E-state index < -0.39 is 0 Å². The number of carbonyl (C=O) groups is 1. The molecule has 82 valence electrons. The molecule has 0 bridgehead atoms. The lowest BCUT2D eigenvalue weighted by atomic mass is 10.4. The highest BCUT2D eigenvalue weighted by Crippen LogP contribution is 2.08. The topological polar surface area (TPSA) is 72.7 Å². The number of nitrogens with zero attached hydrogens (tertiary/aromatic N) is 4. The van der Waals surface area contributed by atoms with Crippen LogP contribution in [0.2, 0.25) is 0 Å². The van der Waals surface area contributed by atoms with Gasteiger partial charge in [-0.05, 0) is 12.1 Å². The van der Waals surface area contributed by atoms with Gasteiger partial charge in [-0.15, -0.1) is 11.6 Å². The van der Waals surface area contributed by atoms with E-state index in [1.807, 2.05) is 0 Å². The molecule has 0 aliphatic rings. The van der Waals surface area contributed by atoms with Crippen molar-refractivity contribution < 1.29 is 4.79 Å². The molecule has 0 unspecified atom stereocenters. The van der Waals surface area contributed by atoms with Crippen LogP contribution in [0.1, 0.15) is 0 Å². The minimum absolute atomic E-state index is 0.0785. The molecule has 0 aliphatic carbocycles. The summed E-state index contributed by atoms with van der Waals surface area (Å²) in [7, 11) is 0. The van der Waals surface area contributed by atoms with E-state index in [1.54, 1.807) is 18.5 Å². The zero-order valence-electron chi connectivity index (χ0n) is 8.17. The molecule has 0 radical (unpaired) electrons. The molecule has 2 aromatic rings. The van der Waals surface area contributed by atoms with E-state index in [0.717, 1.165) is 0 Å². The zero-order chi connectivity index (χ0) is 11.4. The second kappa shape index (κ2) is 4.71. The number of rotatable bonds is 3. The third kappa shape index (κ3) is 2.34. The Morgan fingerprint density at radius 2 is 2.38 bits per heavy atom. The Bertz CT molecular complexity index is 467. The van der Waals surface area contributed by atoms with Crippen molar-refractivity contribution in [1.82, 2.24) is 19.7 Å². The van der Waals surface area contributed by atoms with Crippen LogP contribution in [0.3, 0.4) is 0 Å². The van der Waals surface area contributed by atoms with E-state index in [4.69, 9.17) is 11.6 Å². The van der Waals surface area contributed by atoms with Crippen molar-refractivity contribution in [3.63, 3.8) is 0 Å². The number of hydrogen-bond acceptors (Lipinski definition) is 4. The molecule has 0 spiro atoms. The Kier molecular flexibility index (Phi) is 3.11. The summed E-state index contributed by atoms with van der Waals surface area (Å²) < 4.78 is 1.52. The van der Waals surface area contributed by atoms with E-state index in [9.17, 15) is 4.79 Å². The molecule has 2 aromatic heterocycles. The average Bonchev–Trinajstić information content (AvgIpc) is 2.83. The zero-order valence-corrected chi connectivity index (χ0v) is 8.92. The molecule has 2 heterocycles. The summed E-state index contributed by atoms with van der Waals surface area (Å²) in [5.41, 5.74) is 0.592. The lowest BCUT2D eigenvalue weighted by molar-refractivity contribution is -0.113. The van der Waals surface area contributed by atoms with E-state index in [0.29, 0.717) is 11.5 Å². The van der Waals surface area contributed by atoms with Crippen LogP contribution >= 0.6 is 11.6 Å². The maximum absolute atomic E-state index is 11.0. The van der Waals surface area contributed by atoms with Crippen LogP contribution in [0.4, 0.5) is 5.69 Å². The van der Waals surface area contributed by atoms with Crippen molar-refractivity contribution in [3.8, 4) is 5.82 Å². The number of anilines is 1. The Labute approximate surface area is 96.3 Å². The van der Waals surface area contributed by atoms with E-state index >= 15 is 0 Å². The first-order chi connectivity index (χ1) is 7.79. The van der Waals surface area contributed by atoms with Gasteiger partial charge in [0.05, 0.1) is 11.9 Å². The molecule has 0 atom stereocenters. The van der Waals surface area contributed by atoms with E-state index in [2.05, 4.69) is 20.4 Å².